The molecule has 3 saturated carbocycles. The molecule has 1 aliphatic heterocycles. The molecule has 1 spiro atoms. The number of esters is 1. The maximum absolute atomic E-state index is 13.1. The van der Waals surface area contributed by atoms with E-state index in [1.54, 1.807) is 0 Å². The number of imide groups is 1. The first-order valence-electron chi connectivity index (χ1n) is 13.2. The molecule has 2 bridgehead atoms. The summed E-state index contributed by atoms with van der Waals surface area (Å²) < 4.78 is 5.90. The highest BCUT2D eigenvalue weighted by Gasteiger charge is 2.74. The smallest absolute Gasteiger partial charge is 0.321 e. The van der Waals surface area contributed by atoms with E-state index in [9.17, 15) is 29.4 Å². The third-order valence-electron chi connectivity index (χ3n) is 10.4. The van der Waals surface area contributed by atoms with Crippen LogP contribution in [0, 0.1) is 52.8 Å². The molecule has 0 aromatic heterocycles. The zero-order chi connectivity index (χ0) is 26.7. The Morgan fingerprint density at radius 2 is 2.08 bits per heavy atom. The van der Waals surface area contributed by atoms with E-state index in [-0.39, 0.29) is 48.4 Å². The van der Waals surface area contributed by atoms with E-state index in [0.717, 1.165) is 12.0 Å². The van der Waals surface area contributed by atoms with E-state index in [4.69, 9.17) is 22.8 Å². The van der Waals surface area contributed by atoms with Crippen LogP contribution < -0.4 is 0 Å². The summed E-state index contributed by atoms with van der Waals surface area (Å²) >= 11 is 5.79. The van der Waals surface area contributed by atoms with Gasteiger partial charge in [0.25, 0.3) is 0 Å². The minimum atomic E-state index is -1.22. The molecule has 1 saturated heterocycles. The highest BCUT2D eigenvalue weighted by atomic mass is 35.5. The van der Waals surface area contributed by atoms with Crippen molar-refractivity contribution < 1.29 is 34.1 Å². The molecular weight excluding hydrogens is 498 g/mol. The summed E-state index contributed by atoms with van der Waals surface area (Å²) in [6.45, 7) is 1.99. The van der Waals surface area contributed by atoms with Gasteiger partial charge >= 0.3 is 5.97 Å². The summed E-state index contributed by atoms with van der Waals surface area (Å²) in [7, 11) is 0. The van der Waals surface area contributed by atoms with Crippen LogP contribution in [0.15, 0.2) is 11.6 Å². The van der Waals surface area contributed by atoms with Gasteiger partial charge in [-0.25, -0.2) is 0 Å². The van der Waals surface area contributed by atoms with Crippen molar-refractivity contribution in [2.45, 2.75) is 70.2 Å². The number of likely N-dealkylation sites (tertiary alicyclic amines) is 1. The van der Waals surface area contributed by atoms with Gasteiger partial charge in [-0.05, 0) is 62.7 Å². The Hall–Kier alpha value is -2.21. The van der Waals surface area contributed by atoms with Gasteiger partial charge in [0.2, 0.25) is 11.8 Å². The van der Waals surface area contributed by atoms with Gasteiger partial charge < -0.3 is 19.7 Å². The van der Waals surface area contributed by atoms with Crippen LogP contribution in [-0.4, -0.2) is 69.9 Å². The van der Waals surface area contributed by atoms with E-state index in [1.807, 2.05) is 13.0 Å². The lowest BCUT2D eigenvalue weighted by atomic mass is 9.56. The zero-order valence-electron chi connectivity index (χ0n) is 21.0. The van der Waals surface area contributed by atoms with Crippen molar-refractivity contribution in [1.82, 2.24) is 4.90 Å². The molecular formula is C28H34ClNO7. The summed E-state index contributed by atoms with van der Waals surface area (Å²) in [6.07, 6.45) is 8.82. The van der Waals surface area contributed by atoms with E-state index in [0.29, 0.717) is 38.4 Å². The number of carbonyl (C=O) groups is 4. The van der Waals surface area contributed by atoms with Gasteiger partial charge in [-0.15, -0.1) is 18.0 Å². The van der Waals surface area contributed by atoms with E-state index in [1.165, 1.54) is 4.90 Å². The maximum Gasteiger partial charge on any atom is 0.321 e. The quantitative estimate of drug-likeness (QED) is 0.128. The van der Waals surface area contributed by atoms with E-state index in [2.05, 4.69) is 5.92 Å². The fourth-order valence-electron chi connectivity index (χ4n) is 8.46. The summed E-state index contributed by atoms with van der Waals surface area (Å²) in [6, 6.07) is 0. The lowest BCUT2D eigenvalue weighted by Crippen LogP contribution is -2.53. The predicted octanol–water partition coefficient (Wildman–Crippen LogP) is 1.84. The fourth-order valence-corrected chi connectivity index (χ4v) is 8.52. The number of aldehydes is 1. The molecule has 10 atom stereocenters. The molecule has 2 N–H and O–H groups in total. The second-order valence-corrected chi connectivity index (χ2v) is 12.0. The fraction of sp³-hybridized carbons (Fsp3) is 0.714. The topological polar surface area (TPSA) is 121 Å². The number of allylic oxidation sites excluding steroid dienone is 2. The Kier molecular flexibility index (Phi) is 6.79. The Balaban J connectivity index is 1.53. The van der Waals surface area contributed by atoms with Crippen molar-refractivity contribution in [3.05, 3.63) is 11.6 Å². The number of aliphatic hydroxyl groups excluding tert-OH is 2. The van der Waals surface area contributed by atoms with Crippen LogP contribution in [0.3, 0.4) is 0 Å². The second kappa shape index (κ2) is 9.52. The Labute approximate surface area is 221 Å². The normalized spacial score (nSPS) is 43.1. The van der Waals surface area contributed by atoms with Crippen LogP contribution in [0.2, 0.25) is 0 Å². The Morgan fingerprint density at radius 3 is 2.76 bits per heavy atom. The average Bonchev–Trinajstić information content (AvgIpc) is 3.61. The average molecular weight is 532 g/mol. The van der Waals surface area contributed by atoms with Crippen LogP contribution in [-0.2, 0) is 23.9 Å². The van der Waals surface area contributed by atoms with Gasteiger partial charge in [-0.1, -0.05) is 24.5 Å². The lowest BCUT2D eigenvalue weighted by molar-refractivity contribution is -0.163. The monoisotopic (exact) mass is 531 g/mol. The molecule has 1 heterocycles. The number of nitrogens with zero attached hydrogens (tertiary/aromatic N) is 1. The third kappa shape index (κ3) is 3.88. The minimum absolute atomic E-state index is 0.0426. The molecule has 4 fully saturated rings. The van der Waals surface area contributed by atoms with Gasteiger partial charge in [0, 0.05) is 10.8 Å². The molecule has 0 aromatic rings. The summed E-state index contributed by atoms with van der Waals surface area (Å²) in [4.78, 5) is 51.0. The molecule has 9 heteroatoms. The first kappa shape index (κ1) is 26.4. The number of ether oxygens (including phenoxy) is 1. The van der Waals surface area contributed by atoms with Crippen LogP contribution >= 0.6 is 11.6 Å². The highest BCUT2D eigenvalue weighted by Crippen LogP contribution is 2.73. The third-order valence-corrected chi connectivity index (χ3v) is 10.6. The zero-order valence-corrected chi connectivity index (χ0v) is 21.7. The molecule has 4 aliphatic carbocycles. The van der Waals surface area contributed by atoms with Gasteiger partial charge in [0.05, 0.1) is 24.5 Å². The Morgan fingerprint density at radius 1 is 1.35 bits per heavy atom. The van der Waals surface area contributed by atoms with Gasteiger partial charge in [-0.2, -0.15) is 0 Å². The molecule has 0 aromatic carbocycles. The number of hydrogen-bond acceptors (Lipinski definition) is 7. The number of fused-ring (bicyclic) bond motifs is 2. The molecule has 0 radical (unpaired) electrons. The van der Waals surface area contributed by atoms with Gasteiger partial charge in [-0.3, -0.25) is 19.3 Å². The summed E-state index contributed by atoms with van der Waals surface area (Å²) in [5.41, 5.74) is -0.396. The first-order chi connectivity index (χ1) is 17.6. The van der Waals surface area contributed by atoms with Crippen molar-refractivity contribution in [3.8, 4) is 12.3 Å². The molecule has 200 valence electrons. The number of alkyl halides is 1. The van der Waals surface area contributed by atoms with Crippen molar-refractivity contribution in [1.29, 1.82) is 0 Å². The number of carbonyl (C=O) groups excluding carboxylic acids is 4. The van der Waals surface area contributed by atoms with Gasteiger partial charge in [0.15, 0.2) is 0 Å². The van der Waals surface area contributed by atoms with Crippen molar-refractivity contribution >= 4 is 35.7 Å². The van der Waals surface area contributed by atoms with Gasteiger partial charge in [0.1, 0.15) is 24.4 Å². The van der Waals surface area contributed by atoms with Crippen LogP contribution in [0.1, 0.15) is 51.9 Å². The molecule has 2 amide bonds. The first-order valence-corrected chi connectivity index (χ1v) is 13.7. The van der Waals surface area contributed by atoms with Crippen molar-refractivity contribution in [2.24, 2.45) is 40.4 Å². The largest absolute Gasteiger partial charge is 0.461 e. The van der Waals surface area contributed by atoms with Crippen LogP contribution in [0.25, 0.3) is 0 Å². The molecule has 5 rings (SSSR count). The van der Waals surface area contributed by atoms with E-state index < -0.39 is 46.9 Å². The number of rotatable bonds is 7. The molecule has 5 aliphatic rings. The minimum Gasteiger partial charge on any atom is -0.461 e. The predicted molar refractivity (Wildman–Crippen MR) is 133 cm³/mol. The maximum atomic E-state index is 13.1. The van der Waals surface area contributed by atoms with Crippen molar-refractivity contribution in [2.75, 3.05) is 12.4 Å². The van der Waals surface area contributed by atoms with E-state index >= 15 is 0 Å². The van der Waals surface area contributed by atoms with Crippen molar-refractivity contribution in [3.63, 3.8) is 0 Å². The number of amides is 2. The number of halogens is 1. The highest BCUT2D eigenvalue weighted by molar-refractivity contribution is 6.26. The number of terminal acetylenes is 1. The van der Waals surface area contributed by atoms with Crippen LogP contribution in [0.5, 0.6) is 0 Å². The number of aliphatic hydroxyl groups is 2. The molecule has 3 unspecified atom stereocenters. The second-order valence-electron chi connectivity index (χ2n) is 11.7. The standard InChI is InChI=1S/C28H34ClNO7/c1-3-8-30-24(34)19-5-4-16(9-21(19)25(30)35)20-10-22(37-23(33)13-29)28-11-17(28)6-7-27(15(20)2,26(28)36)12-18(32)14-31/h1,4,14-15,17-22,26,32,36H,5-13H2,2H3/t15-,17?,18-,19?,20+,21?,22+,26-,27-,28-/m0/s1. The lowest BCUT2D eigenvalue weighted by Gasteiger charge is -2.50. The summed E-state index contributed by atoms with van der Waals surface area (Å²) in [5, 5.41) is 22.4. The van der Waals surface area contributed by atoms with Crippen LogP contribution in [0.4, 0.5) is 0 Å². The Bertz CT molecular complexity index is 1080. The summed E-state index contributed by atoms with van der Waals surface area (Å²) in [5.74, 6) is -0.0144. The molecule has 8 nitrogen and oxygen atoms in total. The SMILES string of the molecule is C#CCN1C(=O)C2CC=C([C@@H]3C[C@@H](OC(=O)CCl)[C@]45CC4CC[C@](C[C@H](O)C=O)([C@H]3C)[C@@H]5O)CC2C1=O. The molecule has 37 heavy (non-hydrogen) atoms. The number of hydrogen-bond donors (Lipinski definition) is 2.